The molecule has 30 heavy (non-hydrogen) atoms. The zero-order chi connectivity index (χ0) is 23.5. The summed E-state index contributed by atoms with van der Waals surface area (Å²) in [4.78, 5) is 42.8. The molecule has 0 bridgehead atoms. The van der Waals surface area contributed by atoms with Gasteiger partial charge in [-0.15, -0.1) is 0 Å². The van der Waals surface area contributed by atoms with Crippen LogP contribution in [0.3, 0.4) is 0 Å². The average Bonchev–Trinajstić information content (AvgIpc) is 2.74. The summed E-state index contributed by atoms with van der Waals surface area (Å²) in [6, 6.07) is 0. The Bertz CT molecular complexity index is 610. The first kappa shape index (κ1) is 29.0. The first-order valence-corrected chi connectivity index (χ1v) is 8.95. The van der Waals surface area contributed by atoms with Crippen molar-refractivity contribution in [3.63, 3.8) is 0 Å². The Morgan fingerprint density at radius 3 is 1.30 bits per heavy atom. The molecule has 0 radical (unpaired) electrons. The van der Waals surface area contributed by atoms with Gasteiger partial charge in [0.2, 0.25) is 0 Å². The molecule has 0 saturated heterocycles. The second-order valence-corrected chi connectivity index (χ2v) is 5.72. The summed E-state index contributed by atoms with van der Waals surface area (Å²) in [6.45, 7) is 18.4. The number of esters is 4. The second-order valence-electron chi connectivity index (χ2n) is 5.72. The van der Waals surface area contributed by atoms with Gasteiger partial charge in [0, 0.05) is 24.3 Å². The van der Waals surface area contributed by atoms with E-state index < -0.39 is 30.0 Å². The van der Waals surface area contributed by atoms with Crippen LogP contribution < -0.4 is 0 Å². The fraction of sp³-hybridized carbons (Fsp3) is 0.429. The predicted octanol–water partition coefficient (Wildman–Crippen LogP) is 2.07. The fourth-order valence-electron chi connectivity index (χ4n) is 1.43. The van der Waals surface area contributed by atoms with Gasteiger partial charge in [-0.2, -0.15) is 0 Å². The van der Waals surface area contributed by atoms with Crippen LogP contribution in [0.5, 0.6) is 0 Å². The molecule has 9 heteroatoms. The molecule has 0 aromatic rings. The van der Waals surface area contributed by atoms with Crippen molar-refractivity contribution in [2.24, 2.45) is 0 Å². The molecule has 0 amide bonds. The lowest BCUT2D eigenvalue weighted by Crippen LogP contribution is -2.25. The van der Waals surface area contributed by atoms with E-state index in [1.165, 1.54) is 0 Å². The highest BCUT2D eigenvalue weighted by atomic mass is 16.6. The summed E-state index contributed by atoms with van der Waals surface area (Å²) in [6.07, 6.45) is 3.14. The monoisotopic (exact) mass is 426 g/mol. The molecule has 0 aromatic heterocycles. The number of carbonyl (C=O) groups is 4. The van der Waals surface area contributed by atoms with Crippen LogP contribution in [0.25, 0.3) is 0 Å². The first-order valence-electron chi connectivity index (χ1n) is 8.95. The van der Waals surface area contributed by atoms with Gasteiger partial charge >= 0.3 is 23.9 Å². The summed E-state index contributed by atoms with van der Waals surface area (Å²) in [5.41, 5.74) is 0. The third-order valence-electron chi connectivity index (χ3n) is 2.84. The number of rotatable bonds is 13. The van der Waals surface area contributed by atoms with Gasteiger partial charge < -0.3 is 23.7 Å². The summed E-state index contributed by atoms with van der Waals surface area (Å²) in [5, 5.41) is 0. The normalized spacial score (nSPS) is 12.4. The maximum Gasteiger partial charge on any atom is 0.330 e. The van der Waals surface area contributed by atoms with Crippen LogP contribution in [0.4, 0.5) is 0 Å². The molecule has 0 aliphatic carbocycles. The lowest BCUT2D eigenvalue weighted by molar-refractivity contribution is -0.151. The van der Waals surface area contributed by atoms with Crippen molar-refractivity contribution in [1.82, 2.24) is 0 Å². The standard InChI is InChI=1S/C12H18O5.C9H12O4/c1-5-11(13)16-7-9(3)15-8-10(4)17-12(14)6-2;1-4-8(10)12-6-7(3)13-9(11)5-2/h5-6,9-10H,1-2,7-8H2,3-4H3;4-5,7H,1-2,6H2,3H3. The number of ether oxygens (including phenoxy) is 5. The molecule has 0 aromatic carbocycles. The molecule has 0 aliphatic heterocycles. The quantitative estimate of drug-likeness (QED) is 0.248. The van der Waals surface area contributed by atoms with E-state index in [0.717, 1.165) is 24.3 Å². The Labute approximate surface area is 176 Å². The Balaban J connectivity index is 0. The molecular weight excluding hydrogens is 396 g/mol. The van der Waals surface area contributed by atoms with Gasteiger partial charge in [0.1, 0.15) is 25.4 Å². The molecule has 0 fully saturated rings. The second kappa shape index (κ2) is 17.9. The van der Waals surface area contributed by atoms with E-state index in [1.54, 1.807) is 20.8 Å². The molecule has 0 N–H and O–H groups in total. The van der Waals surface area contributed by atoms with E-state index in [1.807, 2.05) is 0 Å². The predicted molar refractivity (Wildman–Crippen MR) is 109 cm³/mol. The van der Waals surface area contributed by atoms with Gasteiger partial charge in [0.25, 0.3) is 0 Å². The third kappa shape index (κ3) is 18.2. The van der Waals surface area contributed by atoms with Crippen molar-refractivity contribution >= 4 is 23.9 Å². The molecular formula is C21H30O9. The lowest BCUT2D eigenvalue weighted by Gasteiger charge is -2.16. The fourth-order valence-corrected chi connectivity index (χ4v) is 1.43. The highest BCUT2D eigenvalue weighted by molar-refractivity contribution is 5.82. The van der Waals surface area contributed by atoms with Crippen LogP contribution in [0.2, 0.25) is 0 Å². The van der Waals surface area contributed by atoms with E-state index in [9.17, 15) is 19.2 Å². The van der Waals surface area contributed by atoms with E-state index in [4.69, 9.17) is 18.9 Å². The summed E-state index contributed by atoms with van der Waals surface area (Å²) < 4.78 is 24.3. The van der Waals surface area contributed by atoms with Gasteiger partial charge in [-0.3, -0.25) is 0 Å². The third-order valence-corrected chi connectivity index (χ3v) is 2.84. The number of hydrogen-bond acceptors (Lipinski definition) is 9. The van der Waals surface area contributed by atoms with Gasteiger partial charge in [-0.25, -0.2) is 19.2 Å². The molecule has 3 unspecified atom stereocenters. The summed E-state index contributed by atoms with van der Waals surface area (Å²) in [7, 11) is 0. The maximum atomic E-state index is 10.8. The Hall–Kier alpha value is -3.20. The molecule has 9 nitrogen and oxygen atoms in total. The Morgan fingerprint density at radius 1 is 0.600 bits per heavy atom. The van der Waals surface area contributed by atoms with Crippen LogP contribution >= 0.6 is 0 Å². The van der Waals surface area contributed by atoms with E-state index >= 15 is 0 Å². The molecule has 3 atom stereocenters. The zero-order valence-electron chi connectivity index (χ0n) is 17.7. The average molecular weight is 426 g/mol. The topological polar surface area (TPSA) is 114 Å². The number of carbonyl (C=O) groups excluding carboxylic acids is 4. The molecule has 0 aliphatic rings. The first-order chi connectivity index (χ1) is 14.1. The van der Waals surface area contributed by atoms with E-state index in [2.05, 4.69) is 31.1 Å². The maximum absolute atomic E-state index is 10.8. The minimum absolute atomic E-state index is 0.0183. The lowest BCUT2D eigenvalue weighted by atomic mass is 10.4. The largest absolute Gasteiger partial charge is 0.460 e. The van der Waals surface area contributed by atoms with Crippen molar-refractivity contribution in [2.75, 3.05) is 19.8 Å². The van der Waals surface area contributed by atoms with Crippen LogP contribution in [0, 0.1) is 0 Å². The smallest absolute Gasteiger partial charge is 0.330 e. The van der Waals surface area contributed by atoms with Crippen LogP contribution in [-0.4, -0.2) is 62.0 Å². The summed E-state index contributed by atoms with van der Waals surface area (Å²) in [5.74, 6) is -2.07. The van der Waals surface area contributed by atoms with Crippen LogP contribution in [0.15, 0.2) is 50.6 Å². The van der Waals surface area contributed by atoms with E-state index in [-0.39, 0.29) is 32.0 Å². The Kier molecular flexibility index (Phi) is 17.3. The minimum atomic E-state index is -0.540. The summed E-state index contributed by atoms with van der Waals surface area (Å²) >= 11 is 0. The molecule has 0 saturated carbocycles. The van der Waals surface area contributed by atoms with E-state index in [0.29, 0.717) is 0 Å². The minimum Gasteiger partial charge on any atom is -0.460 e. The van der Waals surface area contributed by atoms with Gasteiger partial charge in [0.05, 0.1) is 12.7 Å². The van der Waals surface area contributed by atoms with Crippen molar-refractivity contribution < 1.29 is 42.9 Å². The molecule has 0 spiro atoms. The molecule has 0 heterocycles. The highest BCUT2D eigenvalue weighted by Gasteiger charge is 2.11. The molecule has 0 rings (SSSR count). The van der Waals surface area contributed by atoms with Gasteiger partial charge in [-0.05, 0) is 20.8 Å². The number of hydrogen-bond donors (Lipinski definition) is 0. The van der Waals surface area contributed by atoms with Crippen LogP contribution in [-0.2, 0) is 42.9 Å². The Morgan fingerprint density at radius 2 is 0.933 bits per heavy atom. The zero-order valence-corrected chi connectivity index (χ0v) is 17.7. The van der Waals surface area contributed by atoms with Gasteiger partial charge in [-0.1, -0.05) is 26.3 Å². The highest BCUT2D eigenvalue weighted by Crippen LogP contribution is 1.99. The van der Waals surface area contributed by atoms with Crippen LogP contribution in [0.1, 0.15) is 20.8 Å². The molecule has 168 valence electrons. The van der Waals surface area contributed by atoms with Crippen molar-refractivity contribution in [1.29, 1.82) is 0 Å². The SMILES string of the molecule is C=CC(=O)OCC(C)OC(=O)C=C.C=CC(=O)OCC(C)OCC(C)OC(=O)C=C. The van der Waals surface area contributed by atoms with Gasteiger partial charge in [0.15, 0.2) is 0 Å². The van der Waals surface area contributed by atoms with Crippen molar-refractivity contribution in [2.45, 2.75) is 39.1 Å². The van der Waals surface area contributed by atoms with Crippen molar-refractivity contribution in [3.05, 3.63) is 50.6 Å². The van der Waals surface area contributed by atoms with Crippen molar-refractivity contribution in [3.8, 4) is 0 Å².